The Bertz CT molecular complexity index is 2890. The molecule has 70 heavy (non-hydrogen) atoms. The SMILES string of the molecule is CC(=N)N1C(=N)[C@H](CC(=O)N2CCN(C(=O)CN3CCC(Nc4cccc5c4cc(C#CCNc4ccc([P+](C)(C)O)cc4)n5CC(F)(F)F)CC3)CC2)N=C(c2ccc(Cl)cc2)c2c1sc(C)c2C. The summed E-state index contributed by atoms with van der Waals surface area (Å²) in [5, 5.41) is 27.5. The summed E-state index contributed by atoms with van der Waals surface area (Å²) in [6, 6.07) is 21.0. The van der Waals surface area contributed by atoms with E-state index in [1.807, 2.05) is 69.6 Å². The van der Waals surface area contributed by atoms with Crippen LogP contribution in [0.25, 0.3) is 10.9 Å². The van der Waals surface area contributed by atoms with Crippen LogP contribution in [0, 0.1) is 36.5 Å². The highest BCUT2D eigenvalue weighted by Gasteiger charge is 2.37. The molecule has 5 N–H and O–H groups in total. The van der Waals surface area contributed by atoms with E-state index in [-0.39, 0.29) is 54.7 Å². The van der Waals surface area contributed by atoms with Crippen molar-refractivity contribution in [2.75, 3.05) is 81.2 Å². The lowest BCUT2D eigenvalue weighted by molar-refractivity contribution is -0.140. The van der Waals surface area contributed by atoms with Gasteiger partial charge in [0.2, 0.25) is 11.8 Å². The number of aromatic nitrogens is 1. The first-order chi connectivity index (χ1) is 33.2. The zero-order valence-corrected chi connectivity index (χ0v) is 42.3. The second-order valence-electron chi connectivity index (χ2n) is 18.5. The van der Waals surface area contributed by atoms with Crippen molar-refractivity contribution >= 4 is 92.2 Å². The molecule has 0 aliphatic carbocycles. The van der Waals surface area contributed by atoms with Gasteiger partial charge in [0.25, 0.3) is 0 Å². The molecule has 0 saturated carbocycles. The number of piperidine rings is 1. The number of carbonyl (C=O) groups excluding carboxylic acids is 2. The number of amides is 2. The maximum Gasteiger partial charge on any atom is 0.406 e. The van der Waals surface area contributed by atoms with E-state index in [1.54, 1.807) is 52.0 Å². The first-order valence-electron chi connectivity index (χ1n) is 23.3. The van der Waals surface area contributed by atoms with Crippen LogP contribution in [0.1, 0.15) is 53.4 Å². The molecule has 0 radical (unpaired) electrons. The molecule has 0 unspecified atom stereocenters. The van der Waals surface area contributed by atoms with E-state index in [2.05, 4.69) is 27.4 Å². The molecule has 3 aliphatic rings. The Balaban J connectivity index is 0.853. The number of nitrogens with one attached hydrogen (secondary N) is 4. The van der Waals surface area contributed by atoms with Gasteiger partial charge in [-0.3, -0.25) is 35.2 Å². The summed E-state index contributed by atoms with van der Waals surface area (Å²) >= 11 is 7.74. The lowest BCUT2D eigenvalue weighted by Crippen LogP contribution is -2.54. The highest BCUT2D eigenvalue weighted by Crippen LogP contribution is 2.44. The van der Waals surface area contributed by atoms with Crippen LogP contribution in [-0.2, 0) is 16.1 Å². The Morgan fingerprint density at radius 3 is 2.24 bits per heavy atom. The number of aryl methyl sites for hydroxylation is 1. The zero-order chi connectivity index (χ0) is 50.1. The minimum atomic E-state index is -4.46. The molecule has 0 bridgehead atoms. The third-order valence-electron chi connectivity index (χ3n) is 13.1. The molecule has 2 fully saturated rings. The van der Waals surface area contributed by atoms with E-state index >= 15 is 0 Å². The number of alkyl halides is 3. The fourth-order valence-electron chi connectivity index (χ4n) is 9.22. The maximum atomic E-state index is 13.9. The second-order valence-corrected chi connectivity index (χ2v) is 23.4. The van der Waals surface area contributed by atoms with E-state index in [1.165, 1.54) is 15.9 Å². The van der Waals surface area contributed by atoms with E-state index in [4.69, 9.17) is 22.0 Å². The molecule has 2 amide bonds. The molecular weight excluding hydrogens is 956 g/mol. The smallest absolute Gasteiger partial charge is 0.382 e. The van der Waals surface area contributed by atoms with E-state index < -0.39 is 26.3 Å². The number of likely N-dealkylation sites (tertiary alicyclic amines) is 1. The fourth-order valence-corrected chi connectivity index (χ4v) is 11.5. The van der Waals surface area contributed by atoms with Gasteiger partial charge < -0.3 is 25.0 Å². The minimum absolute atomic E-state index is 0.0142. The number of benzene rings is 3. The largest absolute Gasteiger partial charge is 0.406 e. The molecule has 0 spiro atoms. The van der Waals surface area contributed by atoms with Crippen molar-refractivity contribution in [3.8, 4) is 11.8 Å². The minimum Gasteiger partial charge on any atom is -0.382 e. The normalized spacial score (nSPS) is 17.2. The van der Waals surface area contributed by atoms with Crippen LogP contribution in [-0.4, -0.2) is 137 Å². The van der Waals surface area contributed by atoms with Crippen LogP contribution in [0.4, 0.5) is 29.5 Å². The first-order valence-corrected chi connectivity index (χ1v) is 27.1. The monoisotopic (exact) mass is 1010 g/mol. The van der Waals surface area contributed by atoms with E-state index in [0.29, 0.717) is 60.9 Å². The van der Waals surface area contributed by atoms with Crippen LogP contribution in [0.15, 0.2) is 77.8 Å². The van der Waals surface area contributed by atoms with Gasteiger partial charge in [0.15, 0.2) is 7.49 Å². The third-order valence-corrected chi connectivity index (χ3v) is 16.1. The Hall–Kier alpha value is -5.76. The quantitative estimate of drug-likeness (QED) is 0.0385. The van der Waals surface area contributed by atoms with Gasteiger partial charge in [-0.1, -0.05) is 35.7 Å². The average molecular weight is 1010 g/mol. The number of halogens is 4. The van der Waals surface area contributed by atoms with Gasteiger partial charge in [0, 0.05) is 83.1 Å². The molecule has 13 nitrogen and oxygen atoms in total. The Labute approximate surface area is 416 Å². The van der Waals surface area contributed by atoms with Crippen LogP contribution >= 0.6 is 30.4 Å². The number of fused-ring (bicyclic) bond motifs is 2. The van der Waals surface area contributed by atoms with Crippen molar-refractivity contribution in [3.05, 3.63) is 105 Å². The van der Waals surface area contributed by atoms with Gasteiger partial charge in [0.05, 0.1) is 49.8 Å². The number of piperazine rings is 1. The topological polar surface area (TPSA) is 156 Å². The molecule has 5 aromatic rings. The summed E-state index contributed by atoms with van der Waals surface area (Å²) in [5.41, 5.74) is 5.52. The number of rotatable bonds is 11. The Morgan fingerprint density at radius 1 is 0.957 bits per heavy atom. The number of anilines is 3. The number of hydrogen-bond acceptors (Lipinski definition) is 10. The summed E-state index contributed by atoms with van der Waals surface area (Å²) in [6.07, 6.45) is -3.06. The van der Waals surface area contributed by atoms with Crippen molar-refractivity contribution in [3.63, 3.8) is 0 Å². The van der Waals surface area contributed by atoms with Gasteiger partial charge >= 0.3 is 6.18 Å². The number of amidine groups is 2. The van der Waals surface area contributed by atoms with Crippen molar-refractivity contribution in [1.29, 1.82) is 10.8 Å². The number of carbonyl (C=O) groups is 2. The van der Waals surface area contributed by atoms with Crippen LogP contribution in [0.3, 0.4) is 0 Å². The van der Waals surface area contributed by atoms with Crippen molar-refractivity contribution in [1.82, 2.24) is 19.3 Å². The molecule has 3 aromatic carbocycles. The molecule has 3 aliphatic heterocycles. The van der Waals surface area contributed by atoms with Crippen LogP contribution < -0.4 is 20.8 Å². The predicted molar refractivity (Wildman–Crippen MR) is 280 cm³/mol. The average Bonchev–Trinajstić information content (AvgIpc) is 3.76. The molecule has 5 heterocycles. The summed E-state index contributed by atoms with van der Waals surface area (Å²) in [4.78, 5) is 51.3. The molecule has 2 aromatic heterocycles. The number of hydrogen-bond donors (Lipinski definition) is 5. The molecule has 8 rings (SSSR count). The molecule has 19 heteroatoms. The van der Waals surface area contributed by atoms with Crippen LogP contribution in [0.2, 0.25) is 5.02 Å². The van der Waals surface area contributed by atoms with Crippen molar-refractivity contribution in [2.24, 2.45) is 4.99 Å². The zero-order valence-electron chi connectivity index (χ0n) is 39.9. The number of aliphatic imine (C=N–C) groups is 1. The van der Waals surface area contributed by atoms with Gasteiger partial charge in [-0.2, -0.15) is 13.2 Å². The second kappa shape index (κ2) is 20.9. The first kappa shape index (κ1) is 50.6. The van der Waals surface area contributed by atoms with Crippen molar-refractivity contribution < 1.29 is 27.7 Å². The molecule has 2 saturated heterocycles. The highest BCUT2D eigenvalue weighted by molar-refractivity contribution is 7.76. The van der Waals surface area contributed by atoms with E-state index in [9.17, 15) is 33.1 Å². The van der Waals surface area contributed by atoms with Gasteiger partial charge in [0.1, 0.15) is 34.6 Å². The molecule has 368 valence electrons. The fraction of sp³-hybridized carbons (Fsp3) is 0.392. The lowest BCUT2D eigenvalue weighted by atomic mass is 9.99. The molecule has 1 atom stereocenters. The van der Waals surface area contributed by atoms with Crippen molar-refractivity contribution in [2.45, 2.75) is 64.8 Å². The Kier molecular flexibility index (Phi) is 15.1. The van der Waals surface area contributed by atoms with Gasteiger partial charge in [-0.05, 0) is 99.7 Å². The van der Waals surface area contributed by atoms with Gasteiger partial charge in [-0.15, -0.1) is 11.3 Å². The standard InChI is InChI=1S/C51H58ClF3N10O3PS/c1-32-33(2)70-50-47(32)48(35-11-13-36(52)14-12-35)60-43(49(57)65(50)34(3)56)29-45(66)62-24-26-63(27-25-62)46(67)30-61-22-19-38(20-23-61)59-42-9-6-10-44-41(42)28-39(64(44)31-51(53,54)55)8-7-21-58-37-15-17-40(18-16-37)69(4,5)68/h6,9-18,28,38,43,56-59,68H,19-27,29-31H2,1-5H3/q+1/t43-/m0/s1. The number of thiophene rings is 1. The maximum absolute atomic E-state index is 13.9. The summed E-state index contributed by atoms with van der Waals surface area (Å²) in [7, 11) is -2.15. The molecular formula is C51H58ClF3N10O3PS+. The highest BCUT2D eigenvalue weighted by atomic mass is 35.5. The predicted octanol–water partition coefficient (Wildman–Crippen LogP) is 8.45. The number of nitrogens with zero attached hydrogens (tertiary/aromatic N) is 6. The lowest BCUT2D eigenvalue weighted by Gasteiger charge is -2.37. The summed E-state index contributed by atoms with van der Waals surface area (Å²) < 4.78 is 42.9. The van der Waals surface area contributed by atoms with Gasteiger partial charge in [-0.25, -0.2) is 4.89 Å². The van der Waals surface area contributed by atoms with E-state index in [0.717, 1.165) is 56.1 Å². The summed E-state index contributed by atoms with van der Waals surface area (Å²) in [6.45, 7) is 11.3. The van der Waals surface area contributed by atoms with Crippen LogP contribution in [0.5, 0.6) is 0 Å². The Morgan fingerprint density at radius 2 is 1.61 bits per heavy atom. The third kappa shape index (κ3) is 11.5. The summed E-state index contributed by atoms with van der Waals surface area (Å²) in [5.74, 6) is 5.98.